The number of carboxylic acids is 1. The molecule has 0 aliphatic carbocycles. The Morgan fingerprint density at radius 1 is 0.429 bits per heavy atom. The van der Waals surface area contributed by atoms with Crippen LogP contribution in [0.5, 0.6) is 51.7 Å². The molecule has 4 aromatic heterocycles. The van der Waals surface area contributed by atoms with Crippen LogP contribution in [0.15, 0.2) is 208 Å². The third kappa shape index (κ3) is 19.4. The van der Waals surface area contributed by atoms with Crippen molar-refractivity contribution in [2.75, 3.05) is 25.9 Å². The van der Waals surface area contributed by atoms with E-state index in [0.717, 1.165) is 52.5 Å². The van der Waals surface area contributed by atoms with E-state index in [1.54, 1.807) is 79.3 Å². The number of aromatic nitrogens is 5. The van der Waals surface area contributed by atoms with Crippen molar-refractivity contribution in [1.82, 2.24) is 25.1 Å². The Labute approximate surface area is 524 Å². The Balaban J connectivity index is 0.000000176. The van der Waals surface area contributed by atoms with Crippen LogP contribution in [0.25, 0.3) is 11.3 Å². The highest BCUT2D eigenvalue weighted by atomic mass is 32.2. The molecule has 4 heterocycles. The van der Waals surface area contributed by atoms with Crippen molar-refractivity contribution in [3.63, 3.8) is 0 Å². The Hall–Kier alpha value is -10.6. The van der Waals surface area contributed by atoms with Gasteiger partial charge >= 0.3 is 11.9 Å². The van der Waals surface area contributed by atoms with Gasteiger partial charge in [0.25, 0.3) is 5.56 Å². The molecule has 91 heavy (non-hydrogen) atoms. The van der Waals surface area contributed by atoms with Crippen LogP contribution in [-0.4, -0.2) is 93.3 Å². The van der Waals surface area contributed by atoms with Gasteiger partial charge in [0.1, 0.15) is 71.6 Å². The fourth-order valence-corrected chi connectivity index (χ4v) is 10.2. The van der Waals surface area contributed by atoms with E-state index < -0.39 is 41.5 Å². The van der Waals surface area contributed by atoms with E-state index in [9.17, 15) is 44.7 Å². The maximum absolute atomic E-state index is 12.0. The number of carbonyl (C=O) groups is 2. The third-order valence-electron chi connectivity index (χ3n) is 13.2. The number of esters is 1. The van der Waals surface area contributed by atoms with Gasteiger partial charge in [0, 0.05) is 67.2 Å². The van der Waals surface area contributed by atoms with Crippen molar-refractivity contribution in [3.05, 3.63) is 244 Å². The van der Waals surface area contributed by atoms with Crippen LogP contribution in [0, 0.1) is 20.8 Å². The standard InChI is InChI=1S/C23H21N3O5S.C22H21NO6S.C21H19NO6S/c1-15-4-3-9-24-22(15)14-30-18-10-16(21-13-23(27)26-25-21)11-19(12-18)31-17-5-7-20(8-6-17)32(2,28)29;1-15-5-4-10-23-21(15)14-28-18-11-16(22(24)27-2)12-19(13-18)29-17-6-8-20(9-7-17)30(3,25)26;1-14-4-3-9-22-20(14)13-27-17-10-15(21(23)24)11-18(12-17)28-16-5-7-19(8-6-16)29(2,25)26/h3-13H,14H2,1-2H3,(H2,25,26,27);4-13H,14H2,1-3H3;3-12H,13H2,1-2H3,(H,23,24). The molecule has 0 aliphatic heterocycles. The number of aromatic carboxylic acids is 1. The van der Waals surface area contributed by atoms with Crippen LogP contribution in [0.3, 0.4) is 0 Å². The summed E-state index contributed by atoms with van der Waals surface area (Å²) in [6, 6.07) is 45.1. The number of H-pyrrole nitrogens is 2. The summed E-state index contributed by atoms with van der Waals surface area (Å²) in [6.07, 6.45) is 8.46. The summed E-state index contributed by atoms with van der Waals surface area (Å²) in [6.45, 7) is 6.47. The van der Waals surface area contributed by atoms with Crippen molar-refractivity contribution < 1.29 is 73.1 Å². The minimum atomic E-state index is -3.31. The van der Waals surface area contributed by atoms with E-state index in [0.29, 0.717) is 57.3 Å². The second kappa shape index (κ2) is 29.6. The number of aryl methyl sites for hydroxylation is 3. The van der Waals surface area contributed by atoms with E-state index in [1.807, 2.05) is 57.2 Å². The predicted molar refractivity (Wildman–Crippen MR) is 337 cm³/mol. The zero-order valence-electron chi connectivity index (χ0n) is 50.1. The van der Waals surface area contributed by atoms with Gasteiger partial charge in [-0.2, -0.15) is 0 Å². The Kier molecular flexibility index (Phi) is 21.6. The Bertz CT molecular complexity index is 4640. The molecule has 0 bridgehead atoms. The topological polar surface area (TPSA) is 309 Å². The van der Waals surface area contributed by atoms with Gasteiger partial charge in [0.15, 0.2) is 29.5 Å². The van der Waals surface area contributed by atoms with Crippen LogP contribution in [0.2, 0.25) is 0 Å². The summed E-state index contributed by atoms with van der Waals surface area (Å²) in [5.74, 6) is 1.90. The number of hydrogen-bond acceptors (Lipinski definition) is 19. The maximum Gasteiger partial charge on any atom is 0.338 e. The number of nitrogens with zero attached hydrogens (tertiary/aromatic N) is 3. The van der Waals surface area contributed by atoms with E-state index in [4.69, 9.17) is 33.2 Å². The maximum atomic E-state index is 12.0. The lowest BCUT2D eigenvalue weighted by Gasteiger charge is -2.12. The fraction of sp³-hybridized carbons (Fsp3) is 0.152. The lowest BCUT2D eigenvalue weighted by atomic mass is 10.1. The molecule has 25 heteroatoms. The molecule has 0 unspecified atom stereocenters. The number of carbonyl (C=O) groups excluding carboxylic acids is 1. The number of aromatic amines is 2. The highest BCUT2D eigenvalue weighted by Gasteiger charge is 2.17. The summed E-state index contributed by atoms with van der Waals surface area (Å²) in [5, 5.41) is 14.7. The molecular formula is C66H61N5O17S3. The van der Waals surface area contributed by atoms with Gasteiger partial charge in [0.05, 0.1) is 55.7 Å². The average Bonchev–Trinajstić information content (AvgIpc) is 3.01. The minimum Gasteiger partial charge on any atom is -0.487 e. The van der Waals surface area contributed by atoms with Gasteiger partial charge in [-0.1, -0.05) is 18.2 Å². The third-order valence-corrected chi connectivity index (χ3v) is 16.5. The molecule has 0 radical (unpaired) electrons. The summed E-state index contributed by atoms with van der Waals surface area (Å²) in [7, 11) is -8.62. The number of rotatable bonds is 21. The molecule has 0 saturated heterocycles. The van der Waals surface area contributed by atoms with Crippen LogP contribution in [-0.2, 0) is 54.1 Å². The first-order valence-electron chi connectivity index (χ1n) is 27.3. The van der Waals surface area contributed by atoms with Crippen molar-refractivity contribution in [1.29, 1.82) is 0 Å². The van der Waals surface area contributed by atoms with Crippen LogP contribution < -0.4 is 34.0 Å². The van der Waals surface area contributed by atoms with Crippen molar-refractivity contribution >= 4 is 41.5 Å². The molecule has 0 spiro atoms. The van der Waals surface area contributed by atoms with Crippen molar-refractivity contribution in [2.45, 2.75) is 55.3 Å². The first-order valence-corrected chi connectivity index (χ1v) is 33.0. The zero-order chi connectivity index (χ0) is 65.5. The van der Waals surface area contributed by atoms with E-state index in [-0.39, 0.29) is 56.9 Å². The summed E-state index contributed by atoms with van der Waals surface area (Å²) < 4.78 is 109. The Morgan fingerprint density at radius 2 is 0.758 bits per heavy atom. The SMILES string of the molecule is COC(=O)c1cc(OCc2ncccc2C)cc(Oc2ccc(S(C)(=O)=O)cc2)c1.Cc1cccnc1COc1cc(Oc2ccc(S(C)(=O)=O)cc2)cc(-c2cc(=O)[nH][nH]2)c1.Cc1cccnc1COc1cc(Oc2ccc(S(C)(=O)=O)cc2)cc(C(=O)O)c1. The number of benzene rings is 6. The molecule has 3 N–H and O–H groups in total. The number of nitrogens with one attached hydrogen (secondary N) is 2. The lowest BCUT2D eigenvalue weighted by Crippen LogP contribution is -2.04. The summed E-state index contributed by atoms with van der Waals surface area (Å²) >= 11 is 0. The molecule has 6 aromatic carbocycles. The largest absolute Gasteiger partial charge is 0.487 e. The minimum absolute atomic E-state index is 0.00278. The zero-order valence-corrected chi connectivity index (χ0v) is 52.5. The molecule has 0 atom stereocenters. The highest BCUT2D eigenvalue weighted by molar-refractivity contribution is 7.91. The first-order chi connectivity index (χ1) is 43.3. The predicted octanol–water partition coefficient (Wildman–Crippen LogP) is 11.7. The van der Waals surface area contributed by atoms with E-state index in [1.165, 1.54) is 79.9 Å². The van der Waals surface area contributed by atoms with E-state index in [2.05, 4.69) is 25.1 Å². The van der Waals surface area contributed by atoms with Gasteiger partial charge in [0.2, 0.25) is 0 Å². The van der Waals surface area contributed by atoms with Gasteiger partial charge in [-0.05, 0) is 165 Å². The number of carboxylic acid groups (broad SMARTS) is 1. The van der Waals surface area contributed by atoms with Gasteiger partial charge in [-0.3, -0.25) is 29.9 Å². The average molecular weight is 1290 g/mol. The smallest absolute Gasteiger partial charge is 0.338 e. The van der Waals surface area contributed by atoms with Crippen molar-refractivity contribution in [3.8, 4) is 63.0 Å². The summed E-state index contributed by atoms with van der Waals surface area (Å²) in [5.41, 5.74) is 6.56. The molecule has 10 aromatic rings. The number of hydrogen-bond donors (Lipinski definition) is 3. The van der Waals surface area contributed by atoms with Gasteiger partial charge in [-0.15, -0.1) is 0 Å². The second-order valence-electron chi connectivity index (χ2n) is 20.3. The molecular weight excluding hydrogens is 1230 g/mol. The molecule has 0 saturated carbocycles. The van der Waals surface area contributed by atoms with Crippen LogP contribution in [0.1, 0.15) is 54.5 Å². The van der Waals surface area contributed by atoms with E-state index >= 15 is 0 Å². The van der Waals surface area contributed by atoms with Gasteiger partial charge in [-0.25, -0.2) is 34.8 Å². The number of ether oxygens (including phenoxy) is 7. The molecule has 10 rings (SSSR count). The number of pyridine rings is 3. The number of methoxy groups -OCH3 is 1. The normalized spacial score (nSPS) is 11.2. The monoisotopic (exact) mass is 1290 g/mol. The lowest BCUT2D eigenvalue weighted by molar-refractivity contribution is 0.0598. The first kappa shape index (κ1) is 66.3. The second-order valence-corrected chi connectivity index (χ2v) is 26.3. The highest BCUT2D eigenvalue weighted by Crippen LogP contribution is 2.34. The molecule has 470 valence electrons. The van der Waals surface area contributed by atoms with Crippen LogP contribution in [0.4, 0.5) is 0 Å². The van der Waals surface area contributed by atoms with Crippen molar-refractivity contribution in [2.24, 2.45) is 0 Å². The molecule has 0 fully saturated rings. The van der Waals surface area contributed by atoms with Crippen LogP contribution >= 0.6 is 0 Å². The Morgan fingerprint density at radius 3 is 1.09 bits per heavy atom. The quantitative estimate of drug-likeness (QED) is 0.0563. The summed E-state index contributed by atoms with van der Waals surface area (Å²) in [4.78, 5) is 48.5. The molecule has 22 nitrogen and oxygen atoms in total. The van der Waals surface area contributed by atoms with Gasteiger partial charge < -0.3 is 38.3 Å². The number of sulfone groups is 3. The molecule has 0 aliphatic rings. The fourth-order valence-electron chi connectivity index (χ4n) is 8.28. The molecule has 0 amide bonds.